The first-order chi connectivity index (χ1) is 9.63. The molecule has 1 fully saturated rings. The third kappa shape index (κ3) is 3.87. The van der Waals surface area contributed by atoms with Crippen molar-refractivity contribution in [3.63, 3.8) is 0 Å². The smallest absolute Gasteiger partial charge is 0.344 e. The molecule has 1 atom stereocenters. The number of methoxy groups -OCH3 is 1. The number of rotatable bonds is 8. The number of nitrogens with one attached hydrogen (secondary N) is 1. The van der Waals surface area contributed by atoms with E-state index in [0.717, 1.165) is 12.1 Å². The van der Waals surface area contributed by atoms with Crippen LogP contribution in [0.5, 0.6) is 11.5 Å². The van der Waals surface area contributed by atoms with Gasteiger partial charge in [0.1, 0.15) is 0 Å². The molecule has 0 amide bonds. The molecule has 20 heavy (non-hydrogen) atoms. The van der Waals surface area contributed by atoms with Gasteiger partial charge in [0.15, 0.2) is 17.6 Å². The second-order valence-corrected chi connectivity index (χ2v) is 4.99. The molecular weight excluding hydrogens is 258 g/mol. The molecule has 2 N–H and O–H groups in total. The fourth-order valence-corrected chi connectivity index (χ4v) is 1.93. The summed E-state index contributed by atoms with van der Waals surface area (Å²) in [7, 11) is 1.56. The summed E-state index contributed by atoms with van der Waals surface area (Å²) >= 11 is 0. The van der Waals surface area contributed by atoms with Gasteiger partial charge in [0, 0.05) is 12.6 Å². The zero-order valence-corrected chi connectivity index (χ0v) is 11.9. The average molecular weight is 279 g/mol. The summed E-state index contributed by atoms with van der Waals surface area (Å²) in [5.41, 5.74) is 1.10. The van der Waals surface area contributed by atoms with E-state index in [1.165, 1.54) is 12.8 Å². The van der Waals surface area contributed by atoms with Crippen LogP contribution in [0.2, 0.25) is 0 Å². The Hall–Kier alpha value is -1.75. The molecule has 0 saturated heterocycles. The van der Waals surface area contributed by atoms with Crippen LogP contribution < -0.4 is 14.8 Å². The van der Waals surface area contributed by atoms with Crippen molar-refractivity contribution in [2.75, 3.05) is 7.11 Å². The van der Waals surface area contributed by atoms with Gasteiger partial charge < -0.3 is 19.9 Å². The Morgan fingerprint density at radius 3 is 2.75 bits per heavy atom. The highest BCUT2D eigenvalue weighted by molar-refractivity contribution is 5.72. The Morgan fingerprint density at radius 2 is 2.20 bits per heavy atom. The molecule has 1 aliphatic rings. The number of carboxylic acids is 1. The van der Waals surface area contributed by atoms with E-state index in [2.05, 4.69) is 5.32 Å². The molecule has 0 aromatic heterocycles. The summed E-state index contributed by atoms with van der Waals surface area (Å²) in [6, 6.07) is 6.24. The minimum absolute atomic E-state index is 0.406. The normalized spacial score (nSPS) is 15.7. The number of hydrogen-bond acceptors (Lipinski definition) is 4. The highest BCUT2D eigenvalue weighted by Gasteiger charge is 2.21. The molecular formula is C15H21NO4. The summed E-state index contributed by atoms with van der Waals surface area (Å²) in [6.07, 6.45) is 2.05. The third-order valence-corrected chi connectivity index (χ3v) is 3.32. The predicted molar refractivity (Wildman–Crippen MR) is 75.2 cm³/mol. The van der Waals surface area contributed by atoms with E-state index >= 15 is 0 Å². The van der Waals surface area contributed by atoms with Gasteiger partial charge in [-0.1, -0.05) is 13.0 Å². The Bertz CT molecular complexity index is 471. The van der Waals surface area contributed by atoms with Crippen LogP contribution in [0, 0.1) is 0 Å². The van der Waals surface area contributed by atoms with Crippen LogP contribution in [0.25, 0.3) is 0 Å². The average Bonchev–Trinajstić information content (AvgIpc) is 3.26. The summed E-state index contributed by atoms with van der Waals surface area (Å²) in [5, 5.41) is 12.5. The first-order valence-electron chi connectivity index (χ1n) is 6.93. The molecule has 0 spiro atoms. The van der Waals surface area contributed by atoms with E-state index in [1.54, 1.807) is 20.1 Å². The van der Waals surface area contributed by atoms with Crippen LogP contribution in [-0.2, 0) is 11.3 Å². The van der Waals surface area contributed by atoms with Gasteiger partial charge in [-0.3, -0.25) is 0 Å². The molecule has 1 aromatic carbocycles. The van der Waals surface area contributed by atoms with Crippen LogP contribution in [0.4, 0.5) is 0 Å². The van der Waals surface area contributed by atoms with E-state index in [4.69, 9.17) is 14.6 Å². The van der Waals surface area contributed by atoms with Crippen molar-refractivity contribution in [2.45, 2.75) is 44.9 Å². The van der Waals surface area contributed by atoms with Gasteiger partial charge in [-0.2, -0.15) is 0 Å². The number of aliphatic carboxylic acids is 1. The molecule has 1 saturated carbocycles. The predicted octanol–water partition coefficient (Wildman–Crippen LogP) is 2.19. The summed E-state index contributed by atoms with van der Waals surface area (Å²) in [4.78, 5) is 11.0. The maximum absolute atomic E-state index is 11.0. The highest BCUT2D eigenvalue weighted by Crippen LogP contribution is 2.30. The standard InChI is InChI=1S/C15H21NO4/c1-3-12(15(17)18)20-13-7-4-10(8-14(13)19-2)9-16-11-5-6-11/h4,7-8,11-12,16H,3,5-6,9H2,1-2H3,(H,17,18). The summed E-state index contributed by atoms with van der Waals surface area (Å²) in [6.45, 7) is 2.57. The van der Waals surface area contributed by atoms with Crippen LogP contribution in [0.1, 0.15) is 31.7 Å². The van der Waals surface area contributed by atoms with Crippen LogP contribution in [0.3, 0.4) is 0 Å². The minimum atomic E-state index is -0.964. The van der Waals surface area contributed by atoms with Crippen molar-refractivity contribution in [3.8, 4) is 11.5 Å². The SMILES string of the molecule is CCC(Oc1ccc(CNC2CC2)cc1OC)C(=O)O. The molecule has 2 rings (SSSR count). The number of ether oxygens (including phenoxy) is 2. The Morgan fingerprint density at radius 1 is 1.45 bits per heavy atom. The van der Waals surface area contributed by atoms with Crippen molar-refractivity contribution in [3.05, 3.63) is 23.8 Å². The van der Waals surface area contributed by atoms with Crippen molar-refractivity contribution in [2.24, 2.45) is 0 Å². The van der Waals surface area contributed by atoms with Gasteiger partial charge in [0.05, 0.1) is 7.11 Å². The lowest BCUT2D eigenvalue weighted by Crippen LogP contribution is -2.26. The lowest BCUT2D eigenvalue weighted by molar-refractivity contribution is -0.145. The molecule has 0 aliphatic heterocycles. The van der Waals surface area contributed by atoms with E-state index < -0.39 is 12.1 Å². The van der Waals surface area contributed by atoms with Crippen molar-refractivity contribution in [1.82, 2.24) is 5.32 Å². The molecule has 1 aromatic rings. The zero-order valence-electron chi connectivity index (χ0n) is 11.9. The zero-order chi connectivity index (χ0) is 14.5. The first-order valence-corrected chi connectivity index (χ1v) is 6.93. The largest absolute Gasteiger partial charge is 0.493 e. The molecule has 110 valence electrons. The van der Waals surface area contributed by atoms with Gasteiger partial charge in [-0.05, 0) is 37.0 Å². The topological polar surface area (TPSA) is 67.8 Å². The van der Waals surface area contributed by atoms with Gasteiger partial charge in [0.2, 0.25) is 0 Å². The first kappa shape index (κ1) is 14.7. The van der Waals surface area contributed by atoms with Gasteiger partial charge in [-0.15, -0.1) is 0 Å². The van der Waals surface area contributed by atoms with E-state index in [9.17, 15) is 4.79 Å². The fourth-order valence-electron chi connectivity index (χ4n) is 1.93. The second kappa shape index (κ2) is 6.61. The van der Waals surface area contributed by atoms with Gasteiger partial charge in [-0.25, -0.2) is 4.79 Å². The molecule has 1 aliphatic carbocycles. The maximum atomic E-state index is 11.0. The van der Waals surface area contributed by atoms with Crippen LogP contribution in [0.15, 0.2) is 18.2 Å². The lowest BCUT2D eigenvalue weighted by atomic mass is 10.2. The number of carboxylic acid groups (broad SMARTS) is 1. The number of hydrogen-bond donors (Lipinski definition) is 2. The molecule has 5 heteroatoms. The number of benzene rings is 1. The van der Waals surface area contributed by atoms with Crippen LogP contribution in [-0.4, -0.2) is 30.3 Å². The fraction of sp³-hybridized carbons (Fsp3) is 0.533. The maximum Gasteiger partial charge on any atom is 0.344 e. The monoisotopic (exact) mass is 279 g/mol. The molecule has 5 nitrogen and oxygen atoms in total. The van der Waals surface area contributed by atoms with Crippen LogP contribution >= 0.6 is 0 Å². The van der Waals surface area contributed by atoms with Gasteiger partial charge >= 0.3 is 5.97 Å². The Balaban J connectivity index is 2.05. The summed E-state index contributed by atoms with van der Waals surface area (Å²) < 4.78 is 10.8. The Kier molecular flexibility index (Phi) is 4.84. The number of carbonyl (C=O) groups is 1. The third-order valence-electron chi connectivity index (χ3n) is 3.32. The van der Waals surface area contributed by atoms with E-state index in [-0.39, 0.29) is 0 Å². The quantitative estimate of drug-likeness (QED) is 0.763. The van der Waals surface area contributed by atoms with Gasteiger partial charge in [0.25, 0.3) is 0 Å². The minimum Gasteiger partial charge on any atom is -0.493 e. The lowest BCUT2D eigenvalue weighted by Gasteiger charge is -2.16. The second-order valence-electron chi connectivity index (χ2n) is 4.99. The molecule has 0 heterocycles. The molecule has 1 unspecified atom stereocenters. The summed E-state index contributed by atoms with van der Waals surface area (Å²) in [5.74, 6) is 0.0748. The Labute approximate surface area is 118 Å². The molecule has 0 bridgehead atoms. The van der Waals surface area contributed by atoms with Crippen molar-refractivity contribution >= 4 is 5.97 Å². The van der Waals surface area contributed by atoms with E-state index in [0.29, 0.717) is 24.0 Å². The molecule has 0 radical (unpaired) electrons. The van der Waals surface area contributed by atoms with Crippen molar-refractivity contribution in [1.29, 1.82) is 0 Å². The highest BCUT2D eigenvalue weighted by atomic mass is 16.5. The van der Waals surface area contributed by atoms with E-state index in [1.807, 2.05) is 12.1 Å². The van der Waals surface area contributed by atoms with Crippen molar-refractivity contribution < 1.29 is 19.4 Å².